The van der Waals surface area contributed by atoms with E-state index in [1.54, 1.807) is 0 Å². The SMILES string of the molecule is C[C@]12CC[C@H]3[C@@H](CCC4=CC(=O)[C@H](Br)C[C@@]43C)[C@@H]1CC[C@@H]2C(=O)C(Br)Br. The molecule has 5 heteroatoms. The van der Waals surface area contributed by atoms with Crippen molar-refractivity contribution in [3.8, 4) is 0 Å². The maximum Gasteiger partial charge on any atom is 0.169 e. The van der Waals surface area contributed by atoms with Crippen molar-refractivity contribution in [3.63, 3.8) is 0 Å². The van der Waals surface area contributed by atoms with Crippen molar-refractivity contribution >= 4 is 59.4 Å². The summed E-state index contributed by atoms with van der Waals surface area (Å²) in [5, 5.41) is 0. The van der Waals surface area contributed by atoms with Gasteiger partial charge in [0.25, 0.3) is 0 Å². The number of halogens is 3. The highest BCUT2D eigenvalue weighted by Crippen LogP contribution is 2.67. The number of Topliss-reactive ketones (excluding diaryl/α,β-unsaturated/α-hetero) is 1. The zero-order valence-electron chi connectivity index (χ0n) is 15.4. The van der Waals surface area contributed by atoms with Crippen LogP contribution in [-0.2, 0) is 9.59 Å². The number of hydrogen-bond acceptors (Lipinski definition) is 2. The number of ketones is 2. The minimum atomic E-state index is -0.217. The van der Waals surface area contributed by atoms with Crippen molar-refractivity contribution < 1.29 is 9.59 Å². The van der Waals surface area contributed by atoms with Crippen molar-refractivity contribution in [3.05, 3.63) is 11.6 Å². The van der Waals surface area contributed by atoms with Crippen molar-refractivity contribution in [2.75, 3.05) is 0 Å². The van der Waals surface area contributed by atoms with Gasteiger partial charge in [-0.3, -0.25) is 9.59 Å². The van der Waals surface area contributed by atoms with E-state index in [2.05, 4.69) is 61.6 Å². The largest absolute Gasteiger partial charge is 0.297 e. The van der Waals surface area contributed by atoms with Crippen LogP contribution >= 0.6 is 47.8 Å². The first kappa shape index (κ1) is 19.8. The predicted octanol–water partition coefficient (Wildman–Crippen LogP) is 6.19. The molecule has 26 heavy (non-hydrogen) atoms. The van der Waals surface area contributed by atoms with Crippen molar-refractivity contribution in [1.82, 2.24) is 0 Å². The van der Waals surface area contributed by atoms with E-state index >= 15 is 0 Å². The third-order valence-electron chi connectivity index (χ3n) is 8.52. The highest BCUT2D eigenvalue weighted by molar-refractivity contribution is 9.25. The Morgan fingerprint density at radius 3 is 2.58 bits per heavy atom. The Hall–Kier alpha value is 0.520. The van der Waals surface area contributed by atoms with Gasteiger partial charge in [0.1, 0.15) is 3.74 Å². The zero-order chi connectivity index (χ0) is 18.9. The molecule has 0 spiro atoms. The van der Waals surface area contributed by atoms with E-state index in [1.807, 2.05) is 6.08 Å². The van der Waals surface area contributed by atoms with Crippen molar-refractivity contribution in [1.29, 1.82) is 0 Å². The summed E-state index contributed by atoms with van der Waals surface area (Å²) in [5.74, 6) is 2.78. The molecular weight excluding hydrogens is 524 g/mol. The molecule has 3 saturated carbocycles. The Balaban J connectivity index is 1.64. The number of fused-ring (bicyclic) bond motifs is 5. The molecule has 0 aromatic carbocycles. The van der Waals surface area contributed by atoms with Gasteiger partial charge in [-0.25, -0.2) is 0 Å². The normalized spacial score (nSPS) is 47.8. The van der Waals surface area contributed by atoms with Gasteiger partial charge in [-0.1, -0.05) is 67.2 Å². The minimum absolute atomic E-state index is 0.0243. The van der Waals surface area contributed by atoms with Crippen LogP contribution in [0.3, 0.4) is 0 Å². The fourth-order valence-corrected chi connectivity index (χ4v) is 8.64. The van der Waals surface area contributed by atoms with Gasteiger partial charge in [0.15, 0.2) is 11.6 Å². The summed E-state index contributed by atoms with van der Waals surface area (Å²) in [5.41, 5.74) is 1.70. The molecule has 0 unspecified atom stereocenters. The summed E-state index contributed by atoms with van der Waals surface area (Å²) in [6.07, 6.45) is 9.71. The van der Waals surface area contributed by atoms with Crippen LogP contribution in [-0.4, -0.2) is 20.1 Å². The summed E-state index contributed by atoms with van der Waals surface area (Å²) in [6, 6.07) is 0. The summed E-state index contributed by atoms with van der Waals surface area (Å²) < 4.78 is -0.217. The Labute approximate surface area is 181 Å². The molecule has 0 radical (unpaired) electrons. The van der Waals surface area contributed by atoms with Gasteiger partial charge >= 0.3 is 0 Å². The smallest absolute Gasteiger partial charge is 0.169 e. The van der Waals surface area contributed by atoms with Crippen LogP contribution in [0, 0.1) is 34.5 Å². The summed E-state index contributed by atoms with van der Waals surface area (Å²) in [6.45, 7) is 4.79. The average Bonchev–Trinajstić information content (AvgIpc) is 2.92. The lowest BCUT2D eigenvalue weighted by Crippen LogP contribution is -2.52. The average molecular weight is 551 g/mol. The fraction of sp³-hybridized carbons (Fsp3) is 0.810. The molecule has 4 rings (SSSR count). The number of alkyl halides is 3. The van der Waals surface area contributed by atoms with Crippen LogP contribution in [0.5, 0.6) is 0 Å². The topological polar surface area (TPSA) is 34.1 Å². The lowest BCUT2D eigenvalue weighted by atomic mass is 9.46. The van der Waals surface area contributed by atoms with Gasteiger partial charge in [0, 0.05) is 5.92 Å². The van der Waals surface area contributed by atoms with Crippen LogP contribution in [0.25, 0.3) is 0 Å². The van der Waals surface area contributed by atoms with Crippen molar-refractivity contribution in [2.24, 2.45) is 34.5 Å². The zero-order valence-corrected chi connectivity index (χ0v) is 20.2. The van der Waals surface area contributed by atoms with Gasteiger partial charge in [0.05, 0.1) is 4.83 Å². The molecule has 0 aliphatic heterocycles. The molecular formula is C21H27Br3O2. The van der Waals surface area contributed by atoms with E-state index in [0.29, 0.717) is 23.5 Å². The molecule has 0 bridgehead atoms. The monoisotopic (exact) mass is 548 g/mol. The second-order valence-corrected chi connectivity index (χ2v) is 13.6. The van der Waals surface area contributed by atoms with E-state index < -0.39 is 0 Å². The first-order valence-electron chi connectivity index (χ1n) is 9.89. The van der Waals surface area contributed by atoms with Gasteiger partial charge in [-0.15, -0.1) is 0 Å². The van der Waals surface area contributed by atoms with Crippen LogP contribution in [0.4, 0.5) is 0 Å². The van der Waals surface area contributed by atoms with Crippen LogP contribution in [0.1, 0.15) is 58.8 Å². The number of carbonyl (C=O) groups is 2. The van der Waals surface area contributed by atoms with E-state index in [9.17, 15) is 9.59 Å². The Bertz CT molecular complexity index is 672. The van der Waals surface area contributed by atoms with E-state index in [0.717, 1.165) is 25.7 Å². The van der Waals surface area contributed by atoms with E-state index in [4.69, 9.17) is 0 Å². The van der Waals surface area contributed by atoms with Crippen LogP contribution in [0.2, 0.25) is 0 Å². The molecule has 4 aliphatic carbocycles. The quantitative estimate of drug-likeness (QED) is 0.384. The standard InChI is InChI=1S/C21H27Br3O2/c1-20-8-7-14-12(13(20)5-6-15(20)18(26)19(23)24)4-3-11-9-17(25)16(22)10-21(11,14)2/h9,12-16,19H,3-8,10H2,1-2H3/t12-,13-,14-,15+,16+,20-,21-/m0/s1. The summed E-state index contributed by atoms with van der Waals surface area (Å²) >= 11 is 10.5. The van der Waals surface area contributed by atoms with E-state index in [-0.39, 0.29) is 31.1 Å². The van der Waals surface area contributed by atoms with E-state index in [1.165, 1.54) is 24.8 Å². The fourth-order valence-electron chi connectivity index (χ4n) is 7.20. The second kappa shape index (κ2) is 6.79. The molecule has 0 N–H and O–H groups in total. The van der Waals surface area contributed by atoms with Crippen molar-refractivity contribution in [2.45, 2.75) is 67.4 Å². The second-order valence-electron chi connectivity index (χ2n) is 9.45. The third-order valence-corrected chi connectivity index (χ3v) is 10.2. The first-order valence-corrected chi connectivity index (χ1v) is 12.6. The molecule has 144 valence electrons. The minimum Gasteiger partial charge on any atom is -0.297 e. The first-order chi connectivity index (χ1) is 12.2. The lowest BCUT2D eigenvalue weighted by molar-refractivity contribution is -0.128. The predicted molar refractivity (Wildman–Crippen MR) is 115 cm³/mol. The van der Waals surface area contributed by atoms with Crippen LogP contribution in [0.15, 0.2) is 11.6 Å². The molecule has 3 fully saturated rings. The molecule has 0 saturated heterocycles. The molecule has 0 amide bonds. The Morgan fingerprint density at radius 2 is 1.88 bits per heavy atom. The van der Waals surface area contributed by atoms with Gasteiger partial charge in [-0.05, 0) is 79.6 Å². The number of rotatable bonds is 2. The molecule has 0 aromatic heterocycles. The third kappa shape index (κ3) is 2.81. The molecule has 0 heterocycles. The summed E-state index contributed by atoms with van der Waals surface area (Å²) in [4.78, 5) is 25.0. The van der Waals surface area contributed by atoms with Crippen LogP contribution < -0.4 is 0 Å². The Kier molecular flexibility index (Phi) is 5.18. The maximum absolute atomic E-state index is 12.8. The molecule has 0 aromatic rings. The lowest BCUT2D eigenvalue weighted by Gasteiger charge is -2.58. The summed E-state index contributed by atoms with van der Waals surface area (Å²) in [7, 11) is 0. The van der Waals surface area contributed by atoms with Gasteiger partial charge < -0.3 is 0 Å². The maximum atomic E-state index is 12.8. The van der Waals surface area contributed by atoms with Gasteiger partial charge in [-0.2, -0.15) is 0 Å². The highest BCUT2D eigenvalue weighted by Gasteiger charge is 2.60. The molecule has 4 aliphatic rings. The Morgan fingerprint density at radius 1 is 1.15 bits per heavy atom. The molecule has 7 atom stereocenters. The number of carbonyl (C=O) groups excluding carboxylic acids is 2. The number of allylic oxidation sites excluding steroid dienone is 1. The highest BCUT2D eigenvalue weighted by atomic mass is 79.9. The molecule has 2 nitrogen and oxygen atoms in total. The van der Waals surface area contributed by atoms with Gasteiger partial charge in [0.2, 0.25) is 0 Å². The number of hydrogen-bond donors (Lipinski definition) is 0.